The number of amides is 1. The van der Waals surface area contributed by atoms with Crippen LogP contribution in [0.5, 0.6) is 11.5 Å². The third-order valence-corrected chi connectivity index (χ3v) is 5.37. The van der Waals surface area contributed by atoms with Crippen LogP contribution in [-0.4, -0.2) is 52.8 Å². The van der Waals surface area contributed by atoms with Crippen LogP contribution in [0.4, 0.5) is 5.95 Å². The first-order valence-electron chi connectivity index (χ1n) is 10.1. The van der Waals surface area contributed by atoms with E-state index in [0.29, 0.717) is 36.4 Å². The van der Waals surface area contributed by atoms with Crippen molar-refractivity contribution >= 4 is 11.9 Å². The van der Waals surface area contributed by atoms with Crippen LogP contribution in [0, 0.1) is 0 Å². The van der Waals surface area contributed by atoms with Gasteiger partial charge in [0, 0.05) is 24.7 Å². The smallest absolute Gasteiger partial charge is 0.267 e. The van der Waals surface area contributed by atoms with Crippen molar-refractivity contribution in [1.82, 2.24) is 15.0 Å². The third kappa shape index (κ3) is 3.80. The summed E-state index contributed by atoms with van der Waals surface area (Å²) in [6.45, 7) is 1.52. The predicted octanol–water partition coefficient (Wildman–Crippen LogP) is 2.98. The van der Waals surface area contributed by atoms with E-state index in [1.54, 1.807) is 0 Å². The van der Waals surface area contributed by atoms with E-state index in [0.717, 1.165) is 18.4 Å². The molecular weight excluding hydrogens is 384 g/mol. The summed E-state index contributed by atoms with van der Waals surface area (Å²) < 4.78 is 16.9. The highest BCUT2D eigenvalue weighted by atomic mass is 16.6. The van der Waals surface area contributed by atoms with Crippen LogP contribution in [0.2, 0.25) is 0 Å². The van der Waals surface area contributed by atoms with Crippen molar-refractivity contribution in [2.75, 3.05) is 25.0 Å². The Morgan fingerprint density at radius 3 is 2.53 bits per heavy atom. The molecule has 0 radical (unpaired) electrons. The summed E-state index contributed by atoms with van der Waals surface area (Å²) in [5.41, 5.74) is 0.884. The Bertz CT molecular complexity index is 1010. The molecule has 2 aromatic carbocycles. The van der Waals surface area contributed by atoms with Gasteiger partial charge >= 0.3 is 0 Å². The number of anilines is 1. The maximum Gasteiger partial charge on any atom is 0.267 e. The van der Waals surface area contributed by atoms with Gasteiger partial charge in [0.05, 0.1) is 0 Å². The minimum atomic E-state index is -0.602. The van der Waals surface area contributed by atoms with Crippen molar-refractivity contribution in [3.8, 4) is 23.0 Å². The van der Waals surface area contributed by atoms with Gasteiger partial charge in [-0.1, -0.05) is 30.3 Å². The normalized spacial score (nSPS) is 18.8. The van der Waals surface area contributed by atoms with Gasteiger partial charge in [0.2, 0.25) is 6.10 Å². The summed E-state index contributed by atoms with van der Waals surface area (Å²) in [5, 5.41) is 7.33. The van der Waals surface area contributed by atoms with Crippen molar-refractivity contribution < 1.29 is 18.8 Å². The number of piperidine rings is 1. The summed E-state index contributed by atoms with van der Waals surface area (Å²) in [4.78, 5) is 19.1. The van der Waals surface area contributed by atoms with Gasteiger partial charge < -0.3 is 24.2 Å². The van der Waals surface area contributed by atoms with Gasteiger partial charge in [0.25, 0.3) is 17.7 Å². The number of para-hydroxylation sites is 2. The van der Waals surface area contributed by atoms with Crippen LogP contribution in [0.3, 0.4) is 0 Å². The average Bonchev–Trinajstić information content (AvgIpc) is 3.28. The van der Waals surface area contributed by atoms with Crippen LogP contribution in [0.1, 0.15) is 12.8 Å². The molecule has 0 spiro atoms. The van der Waals surface area contributed by atoms with E-state index in [4.69, 9.17) is 14.0 Å². The quantitative estimate of drug-likeness (QED) is 0.712. The Morgan fingerprint density at radius 2 is 1.73 bits per heavy atom. The van der Waals surface area contributed by atoms with Crippen molar-refractivity contribution in [1.29, 1.82) is 0 Å². The molecule has 1 fully saturated rings. The minimum Gasteiger partial charge on any atom is -0.485 e. The largest absolute Gasteiger partial charge is 0.485 e. The summed E-state index contributed by atoms with van der Waals surface area (Å²) >= 11 is 0. The standard InChI is InChI=1S/C22H22N4O4/c27-21(19-14-28-17-8-4-5-9-18(17)29-19)26-12-10-16(11-13-26)23-22-24-20(30-25-22)15-6-2-1-3-7-15/h1-9,16,19H,10-14H2,(H,23,25). The van der Waals surface area contributed by atoms with E-state index < -0.39 is 6.10 Å². The Labute approximate surface area is 173 Å². The van der Waals surface area contributed by atoms with Gasteiger partial charge in [0.1, 0.15) is 6.61 Å². The van der Waals surface area contributed by atoms with Gasteiger partial charge in [-0.05, 0) is 42.3 Å². The predicted molar refractivity (Wildman–Crippen MR) is 109 cm³/mol. The lowest BCUT2D eigenvalue weighted by Crippen LogP contribution is -2.50. The summed E-state index contributed by atoms with van der Waals surface area (Å²) in [7, 11) is 0. The number of aromatic nitrogens is 2. The van der Waals surface area contributed by atoms with E-state index in [9.17, 15) is 4.79 Å². The van der Waals surface area contributed by atoms with E-state index in [-0.39, 0.29) is 18.6 Å². The average molecular weight is 406 g/mol. The Hall–Kier alpha value is -3.55. The molecular formula is C22H22N4O4. The van der Waals surface area contributed by atoms with Gasteiger partial charge in [-0.2, -0.15) is 4.98 Å². The zero-order valence-corrected chi connectivity index (χ0v) is 16.4. The fourth-order valence-electron chi connectivity index (χ4n) is 3.75. The van der Waals surface area contributed by atoms with Crippen molar-refractivity contribution in [2.45, 2.75) is 25.0 Å². The molecule has 1 N–H and O–H groups in total. The molecule has 2 aliphatic heterocycles. The summed E-state index contributed by atoms with van der Waals surface area (Å²) in [6, 6.07) is 17.2. The molecule has 2 aliphatic rings. The zero-order chi connectivity index (χ0) is 20.3. The SMILES string of the molecule is O=C(C1COc2ccccc2O1)N1CCC(Nc2noc(-c3ccccc3)n2)CC1. The van der Waals surface area contributed by atoms with Crippen LogP contribution in [-0.2, 0) is 4.79 Å². The molecule has 0 saturated carbocycles. The topological polar surface area (TPSA) is 89.7 Å². The van der Waals surface area contributed by atoms with Crippen molar-refractivity contribution in [3.63, 3.8) is 0 Å². The molecule has 154 valence electrons. The Morgan fingerprint density at radius 1 is 1.00 bits per heavy atom. The number of carbonyl (C=O) groups excluding carboxylic acids is 1. The maximum absolute atomic E-state index is 12.8. The van der Waals surface area contributed by atoms with E-state index in [2.05, 4.69) is 15.5 Å². The maximum atomic E-state index is 12.8. The number of ether oxygens (including phenoxy) is 2. The number of nitrogens with one attached hydrogen (secondary N) is 1. The first kappa shape index (κ1) is 18.5. The lowest BCUT2D eigenvalue weighted by atomic mass is 10.0. The molecule has 3 aromatic rings. The molecule has 0 bridgehead atoms. The fourth-order valence-corrected chi connectivity index (χ4v) is 3.75. The lowest BCUT2D eigenvalue weighted by Gasteiger charge is -2.35. The fraction of sp³-hybridized carbons (Fsp3) is 0.318. The zero-order valence-electron chi connectivity index (χ0n) is 16.4. The lowest BCUT2D eigenvalue weighted by molar-refractivity contribution is -0.142. The molecule has 1 aromatic heterocycles. The second kappa shape index (κ2) is 8.06. The second-order valence-electron chi connectivity index (χ2n) is 7.40. The van der Waals surface area contributed by atoms with E-state index in [1.807, 2.05) is 59.5 Å². The number of nitrogens with zero attached hydrogens (tertiary/aromatic N) is 3. The number of carbonyl (C=O) groups is 1. The molecule has 1 saturated heterocycles. The Kier molecular flexibility index (Phi) is 4.96. The second-order valence-corrected chi connectivity index (χ2v) is 7.40. The van der Waals surface area contributed by atoms with Gasteiger partial charge in [-0.15, -0.1) is 0 Å². The molecule has 3 heterocycles. The third-order valence-electron chi connectivity index (χ3n) is 5.37. The number of rotatable bonds is 4. The first-order chi connectivity index (χ1) is 14.8. The van der Waals surface area contributed by atoms with E-state index >= 15 is 0 Å². The number of hydrogen-bond acceptors (Lipinski definition) is 7. The Balaban J connectivity index is 1.14. The van der Waals surface area contributed by atoms with Crippen molar-refractivity contribution in [2.24, 2.45) is 0 Å². The number of fused-ring (bicyclic) bond motifs is 1. The minimum absolute atomic E-state index is 0.0334. The van der Waals surface area contributed by atoms with Crippen LogP contribution in [0.15, 0.2) is 59.1 Å². The summed E-state index contributed by atoms with van der Waals surface area (Å²) in [5.74, 6) is 2.22. The molecule has 30 heavy (non-hydrogen) atoms. The van der Waals surface area contributed by atoms with Crippen LogP contribution in [0.25, 0.3) is 11.5 Å². The summed E-state index contributed by atoms with van der Waals surface area (Å²) in [6.07, 6.45) is 0.992. The first-order valence-corrected chi connectivity index (χ1v) is 10.1. The molecule has 8 nitrogen and oxygen atoms in total. The van der Waals surface area contributed by atoms with E-state index in [1.165, 1.54) is 0 Å². The molecule has 1 unspecified atom stereocenters. The van der Waals surface area contributed by atoms with Gasteiger partial charge in [-0.3, -0.25) is 4.79 Å². The highest BCUT2D eigenvalue weighted by Crippen LogP contribution is 2.31. The van der Waals surface area contributed by atoms with Crippen LogP contribution >= 0.6 is 0 Å². The molecule has 8 heteroatoms. The van der Waals surface area contributed by atoms with Crippen LogP contribution < -0.4 is 14.8 Å². The molecule has 0 aliphatic carbocycles. The highest BCUT2D eigenvalue weighted by Gasteiger charge is 2.33. The highest BCUT2D eigenvalue weighted by molar-refractivity contribution is 5.82. The van der Waals surface area contributed by atoms with Crippen molar-refractivity contribution in [3.05, 3.63) is 54.6 Å². The molecule has 1 atom stereocenters. The van der Waals surface area contributed by atoms with Gasteiger partial charge in [0.15, 0.2) is 11.5 Å². The number of hydrogen-bond donors (Lipinski definition) is 1. The number of likely N-dealkylation sites (tertiary alicyclic amines) is 1. The monoisotopic (exact) mass is 406 g/mol. The number of benzene rings is 2. The molecule has 5 rings (SSSR count). The van der Waals surface area contributed by atoms with Gasteiger partial charge in [-0.25, -0.2) is 0 Å². The molecule has 1 amide bonds.